The Morgan fingerprint density at radius 2 is 2.00 bits per heavy atom. The lowest BCUT2D eigenvalue weighted by molar-refractivity contribution is -0.134. The summed E-state index contributed by atoms with van der Waals surface area (Å²) in [7, 11) is 5.07. The lowest BCUT2D eigenvalue weighted by Crippen LogP contribution is -2.47. The number of carbonyl (C=O) groups is 2. The Bertz CT molecular complexity index is 696. The molecule has 1 N–H and O–H groups in total. The largest absolute Gasteiger partial charge is 0.493 e. The van der Waals surface area contributed by atoms with E-state index < -0.39 is 0 Å². The van der Waals surface area contributed by atoms with Gasteiger partial charge in [-0.25, -0.2) is 0 Å². The highest BCUT2D eigenvalue weighted by Gasteiger charge is 2.38. The minimum Gasteiger partial charge on any atom is -0.493 e. The van der Waals surface area contributed by atoms with Gasteiger partial charge >= 0.3 is 0 Å². The fourth-order valence-corrected chi connectivity index (χ4v) is 3.70. The van der Waals surface area contributed by atoms with Crippen molar-refractivity contribution in [1.29, 1.82) is 0 Å². The van der Waals surface area contributed by atoms with Crippen LogP contribution in [-0.2, 0) is 14.3 Å². The fourth-order valence-electron chi connectivity index (χ4n) is 3.70. The number of para-hydroxylation sites is 2. The van der Waals surface area contributed by atoms with E-state index in [2.05, 4.69) is 10.2 Å². The van der Waals surface area contributed by atoms with Crippen molar-refractivity contribution in [3.63, 3.8) is 0 Å². The van der Waals surface area contributed by atoms with Crippen LogP contribution < -0.4 is 14.8 Å². The molecule has 2 saturated heterocycles. The molecule has 2 heterocycles. The van der Waals surface area contributed by atoms with Crippen molar-refractivity contribution in [3.8, 4) is 11.5 Å². The van der Waals surface area contributed by atoms with Crippen LogP contribution in [0, 0.1) is 0 Å². The maximum atomic E-state index is 12.3. The molecule has 0 saturated carbocycles. The average molecular weight is 391 g/mol. The highest BCUT2D eigenvalue weighted by molar-refractivity contribution is 5.78. The van der Waals surface area contributed by atoms with E-state index in [0.29, 0.717) is 31.1 Å². The second-order valence-corrected chi connectivity index (χ2v) is 7.50. The second-order valence-electron chi connectivity index (χ2n) is 7.50. The summed E-state index contributed by atoms with van der Waals surface area (Å²) in [5.41, 5.74) is 0. The van der Waals surface area contributed by atoms with Crippen LogP contribution in [0.15, 0.2) is 24.3 Å². The predicted molar refractivity (Wildman–Crippen MR) is 103 cm³/mol. The van der Waals surface area contributed by atoms with Crippen LogP contribution in [0.2, 0.25) is 0 Å². The Morgan fingerprint density at radius 3 is 2.71 bits per heavy atom. The molecule has 0 aromatic heterocycles. The van der Waals surface area contributed by atoms with Gasteiger partial charge in [0.15, 0.2) is 18.1 Å². The third kappa shape index (κ3) is 5.14. The van der Waals surface area contributed by atoms with E-state index in [1.54, 1.807) is 38.2 Å². The molecule has 154 valence electrons. The Labute approximate surface area is 165 Å². The summed E-state index contributed by atoms with van der Waals surface area (Å²) < 4.78 is 16.7. The first-order chi connectivity index (χ1) is 13.5. The monoisotopic (exact) mass is 391 g/mol. The van der Waals surface area contributed by atoms with Gasteiger partial charge in [-0.3, -0.25) is 14.5 Å². The summed E-state index contributed by atoms with van der Waals surface area (Å²) in [6, 6.07) is 7.59. The van der Waals surface area contributed by atoms with E-state index >= 15 is 0 Å². The van der Waals surface area contributed by atoms with Crippen LogP contribution in [-0.4, -0.2) is 87.3 Å². The zero-order valence-corrected chi connectivity index (χ0v) is 16.7. The molecule has 0 aliphatic carbocycles. The normalized spacial score (nSPS) is 24.3. The third-order valence-electron chi connectivity index (χ3n) is 5.18. The number of rotatable bonds is 7. The van der Waals surface area contributed by atoms with Gasteiger partial charge in [0.05, 0.1) is 26.2 Å². The van der Waals surface area contributed by atoms with Crippen LogP contribution in [0.3, 0.4) is 0 Å². The number of ether oxygens (including phenoxy) is 3. The van der Waals surface area contributed by atoms with E-state index in [1.807, 2.05) is 12.1 Å². The Kier molecular flexibility index (Phi) is 6.74. The molecule has 28 heavy (non-hydrogen) atoms. The molecular formula is C20H29N3O5. The third-order valence-corrected chi connectivity index (χ3v) is 5.18. The number of methoxy groups -OCH3 is 1. The first-order valence-corrected chi connectivity index (χ1v) is 9.57. The lowest BCUT2D eigenvalue weighted by Gasteiger charge is -2.35. The van der Waals surface area contributed by atoms with Crippen molar-refractivity contribution in [2.45, 2.75) is 31.0 Å². The predicted octanol–water partition coefficient (Wildman–Crippen LogP) is 0.510. The van der Waals surface area contributed by atoms with Gasteiger partial charge in [-0.1, -0.05) is 12.1 Å². The highest BCUT2D eigenvalue weighted by Crippen LogP contribution is 2.26. The molecular weight excluding hydrogens is 362 g/mol. The number of carbonyl (C=O) groups excluding carboxylic acids is 2. The fraction of sp³-hybridized carbons (Fsp3) is 0.600. The first kappa shape index (κ1) is 20.4. The van der Waals surface area contributed by atoms with Gasteiger partial charge in [0.2, 0.25) is 5.91 Å². The summed E-state index contributed by atoms with van der Waals surface area (Å²) in [5.74, 6) is 1.06. The Morgan fingerprint density at radius 1 is 1.25 bits per heavy atom. The van der Waals surface area contributed by atoms with Crippen molar-refractivity contribution in [2.75, 3.05) is 47.5 Å². The van der Waals surface area contributed by atoms with E-state index in [-0.39, 0.29) is 36.6 Å². The number of nitrogens with zero attached hydrogens (tertiary/aromatic N) is 2. The van der Waals surface area contributed by atoms with Gasteiger partial charge in [-0.05, 0) is 18.6 Å². The molecule has 0 spiro atoms. The van der Waals surface area contributed by atoms with Crippen molar-refractivity contribution >= 4 is 11.8 Å². The Hall–Kier alpha value is -2.32. The van der Waals surface area contributed by atoms with E-state index in [9.17, 15) is 9.59 Å². The molecule has 0 bridgehead atoms. The minimum atomic E-state index is -0.156. The number of nitrogens with one attached hydrogen (secondary N) is 1. The highest BCUT2D eigenvalue weighted by atomic mass is 16.5. The van der Waals surface area contributed by atoms with Gasteiger partial charge in [-0.15, -0.1) is 0 Å². The molecule has 0 unspecified atom stereocenters. The zero-order chi connectivity index (χ0) is 20.1. The first-order valence-electron chi connectivity index (χ1n) is 9.57. The molecule has 1 aromatic rings. The van der Waals surface area contributed by atoms with Gasteiger partial charge in [-0.2, -0.15) is 0 Å². The number of fused-ring (bicyclic) bond motifs is 1. The molecule has 2 aliphatic heterocycles. The van der Waals surface area contributed by atoms with Crippen molar-refractivity contribution in [2.24, 2.45) is 0 Å². The SMILES string of the molecule is COc1ccccc1OCC(=O)N[C@H]1C[C@H]2CO[C@@H](CC(=O)N(C)C)CN2C1. The molecule has 3 atom stereocenters. The van der Waals surface area contributed by atoms with Crippen molar-refractivity contribution < 1.29 is 23.8 Å². The number of benzene rings is 1. The number of hydrogen-bond donors (Lipinski definition) is 1. The number of hydrogen-bond acceptors (Lipinski definition) is 6. The summed E-state index contributed by atoms with van der Waals surface area (Å²) in [4.78, 5) is 28.1. The lowest BCUT2D eigenvalue weighted by atomic mass is 10.1. The van der Waals surface area contributed by atoms with Gasteiger partial charge in [0.1, 0.15) is 0 Å². The molecule has 3 rings (SSSR count). The summed E-state index contributed by atoms with van der Waals surface area (Å²) in [6.45, 7) is 2.02. The van der Waals surface area contributed by atoms with Gasteiger partial charge in [0, 0.05) is 39.3 Å². The zero-order valence-electron chi connectivity index (χ0n) is 16.7. The van der Waals surface area contributed by atoms with E-state index in [4.69, 9.17) is 14.2 Å². The van der Waals surface area contributed by atoms with Crippen molar-refractivity contribution in [1.82, 2.24) is 15.1 Å². The quantitative estimate of drug-likeness (QED) is 0.730. The molecule has 0 radical (unpaired) electrons. The summed E-state index contributed by atoms with van der Waals surface area (Å²) in [5, 5.41) is 3.04. The standard InChI is InChI=1S/C20H29N3O5/c1-22(2)20(25)9-16-11-23-10-14(8-15(23)12-27-16)21-19(24)13-28-18-7-5-4-6-17(18)26-3/h4-7,14-16H,8-13H2,1-3H3,(H,21,24)/t14-,15-,16-/m0/s1. The average Bonchev–Trinajstić information content (AvgIpc) is 3.07. The minimum absolute atomic E-state index is 0.0575. The Balaban J connectivity index is 1.44. The van der Waals surface area contributed by atoms with Crippen LogP contribution in [0.25, 0.3) is 0 Å². The maximum absolute atomic E-state index is 12.3. The molecule has 2 amide bonds. The molecule has 8 nitrogen and oxygen atoms in total. The second kappa shape index (κ2) is 9.25. The molecule has 8 heteroatoms. The van der Waals surface area contributed by atoms with Crippen LogP contribution in [0.5, 0.6) is 11.5 Å². The topological polar surface area (TPSA) is 80.3 Å². The van der Waals surface area contributed by atoms with E-state index in [0.717, 1.165) is 13.0 Å². The van der Waals surface area contributed by atoms with Crippen LogP contribution in [0.4, 0.5) is 0 Å². The molecule has 2 fully saturated rings. The van der Waals surface area contributed by atoms with Crippen molar-refractivity contribution in [3.05, 3.63) is 24.3 Å². The van der Waals surface area contributed by atoms with E-state index in [1.165, 1.54) is 0 Å². The number of amides is 2. The summed E-state index contributed by atoms with van der Waals surface area (Å²) in [6.07, 6.45) is 1.14. The van der Waals surface area contributed by atoms with Gasteiger partial charge < -0.3 is 24.4 Å². The number of morpholine rings is 1. The van der Waals surface area contributed by atoms with Crippen LogP contribution >= 0.6 is 0 Å². The molecule has 2 aliphatic rings. The van der Waals surface area contributed by atoms with Gasteiger partial charge in [0.25, 0.3) is 5.91 Å². The smallest absolute Gasteiger partial charge is 0.258 e. The molecule has 1 aromatic carbocycles. The maximum Gasteiger partial charge on any atom is 0.258 e. The van der Waals surface area contributed by atoms with Crippen LogP contribution in [0.1, 0.15) is 12.8 Å². The summed E-state index contributed by atoms with van der Waals surface area (Å²) >= 11 is 0.